The Balaban J connectivity index is 1.36. The first kappa shape index (κ1) is 21.7. The van der Waals surface area contributed by atoms with E-state index in [0.717, 1.165) is 36.4 Å². The molecule has 0 bridgehead atoms. The number of hydrogen-bond acceptors (Lipinski definition) is 9. The molecule has 1 saturated heterocycles. The Morgan fingerprint density at radius 1 is 1.06 bits per heavy atom. The molecule has 0 spiro atoms. The summed E-state index contributed by atoms with van der Waals surface area (Å²) in [6.07, 6.45) is 6.10. The summed E-state index contributed by atoms with van der Waals surface area (Å²) in [7, 11) is 0. The van der Waals surface area contributed by atoms with Crippen LogP contribution in [0.15, 0.2) is 59.4 Å². The van der Waals surface area contributed by atoms with E-state index in [2.05, 4.69) is 36.5 Å². The minimum absolute atomic E-state index is 0.203. The molecule has 0 amide bonds. The summed E-state index contributed by atoms with van der Waals surface area (Å²) >= 11 is 0. The molecule has 1 N–H and O–H groups in total. The Morgan fingerprint density at radius 2 is 1.85 bits per heavy atom. The molecule has 1 fully saturated rings. The fourth-order valence-corrected chi connectivity index (χ4v) is 3.64. The van der Waals surface area contributed by atoms with Gasteiger partial charge in [-0.3, -0.25) is 9.97 Å². The van der Waals surface area contributed by atoms with Crippen molar-refractivity contribution in [3.05, 3.63) is 60.7 Å². The van der Waals surface area contributed by atoms with Gasteiger partial charge in [-0.15, -0.1) is 10.2 Å². The highest BCUT2D eigenvalue weighted by atomic mass is 16.5. The molecule has 4 heterocycles. The van der Waals surface area contributed by atoms with Crippen LogP contribution in [0.25, 0.3) is 34.3 Å². The number of aromatic nitrogens is 5. The maximum atomic E-state index is 9.42. The van der Waals surface area contributed by atoms with Crippen LogP contribution in [0, 0.1) is 11.3 Å². The lowest BCUT2D eigenvalue weighted by molar-refractivity contribution is 0.223. The van der Waals surface area contributed by atoms with E-state index < -0.39 is 5.41 Å². The fraction of sp³-hybridized carbons (Fsp3) is 0.280. The first-order chi connectivity index (χ1) is 16.5. The maximum Gasteiger partial charge on any atom is 0.268 e. The summed E-state index contributed by atoms with van der Waals surface area (Å²) in [5.41, 5.74) is 2.63. The van der Waals surface area contributed by atoms with E-state index in [4.69, 9.17) is 9.15 Å². The van der Waals surface area contributed by atoms with Gasteiger partial charge in [-0.05, 0) is 63.2 Å². The van der Waals surface area contributed by atoms with Crippen molar-refractivity contribution in [1.29, 1.82) is 5.26 Å². The molecule has 1 unspecified atom stereocenters. The highest BCUT2D eigenvalue weighted by Crippen LogP contribution is 2.28. The van der Waals surface area contributed by atoms with Crippen molar-refractivity contribution >= 4 is 0 Å². The number of hydrogen-bond donors (Lipinski definition) is 1. The van der Waals surface area contributed by atoms with Crippen molar-refractivity contribution in [2.45, 2.75) is 31.8 Å². The molecule has 1 atom stereocenters. The van der Waals surface area contributed by atoms with Crippen molar-refractivity contribution in [3.8, 4) is 46.1 Å². The van der Waals surface area contributed by atoms with E-state index >= 15 is 0 Å². The zero-order chi connectivity index (χ0) is 23.5. The van der Waals surface area contributed by atoms with Gasteiger partial charge in [0.2, 0.25) is 5.89 Å². The van der Waals surface area contributed by atoms with Crippen LogP contribution < -0.4 is 10.1 Å². The molecule has 0 aliphatic carbocycles. The number of benzene rings is 1. The number of pyridine rings is 1. The van der Waals surface area contributed by atoms with E-state index in [1.165, 1.54) is 0 Å². The summed E-state index contributed by atoms with van der Waals surface area (Å²) in [4.78, 5) is 13.3. The van der Waals surface area contributed by atoms with E-state index in [-0.39, 0.29) is 12.0 Å². The van der Waals surface area contributed by atoms with Crippen LogP contribution in [-0.4, -0.2) is 44.3 Å². The molecule has 1 aromatic carbocycles. The highest BCUT2D eigenvalue weighted by Gasteiger charge is 2.22. The van der Waals surface area contributed by atoms with Gasteiger partial charge in [0.05, 0.1) is 35.3 Å². The van der Waals surface area contributed by atoms with Gasteiger partial charge in [-0.25, -0.2) is 4.98 Å². The quantitative estimate of drug-likeness (QED) is 0.464. The number of nitrogens with one attached hydrogen (secondary N) is 1. The van der Waals surface area contributed by atoms with Gasteiger partial charge >= 0.3 is 0 Å². The molecular formula is C25H23N7O2. The van der Waals surface area contributed by atoms with Gasteiger partial charge in [0.15, 0.2) is 0 Å². The van der Waals surface area contributed by atoms with Crippen molar-refractivity contribution < 1.29 is 9.15 Å². The van der Waals surface area contributed by atoms with Crippen LogP contribution in [0.3, 0.4) is 0 Å². The number of nitrogens with zero attached hydrogens (tertiary/aromatic N) is 6. The SMILES string of the molecule is CC(C)(C#N)c1cc(-c2cncc(-c3nnc(-c4ccc(OC5CCNC5)cc4)o3)n2)ccn1. The van der Waals surface area contributed by atoms with E-state index in [9.17, 15) is 5.26 Å². The Hall–Kier alpha value is -4.16. The molecule has 1 aliphatic rings. The number of rotatable bonds is 6. The van der Waals surface area contributed by atoms with Crippen molar-refractivity contribution in [2.24, 2.45) is 0 Å². The van der Waals surface area contributed by atoms with Crippen LogP contribution >= 0.6 is 0 Å². The molecule has 5 rings (SSSR count). The average Bonchev–Trinajstić information content (AvgIpc) is 3.57. The van der Waals surface area contributed by atoms with Gasteiger partial charge in [0, 0.05) is 23.9 Å². The monoisotopic (exact) mass is 453 g/mol. The lowest BCUT2D eigenvalue weighted by Crippen LogP contribution is -2.19. The minimum Gasteiger partial charge on any atom is -0.489 e. The van der Waals surface area contributed by atoms with Crippen LogP contribution in [0.1, 0.15) is 26.0 Å². The molecule has 34 heavy (non-hydrogen) atoms. The second kappa shape index (κ2) is 9.00. The zero-order valence-corrected chi connectivity index (χ0v) is 18.9. The largest absolute Gasteiger partial charge is 0.489 e. The topological polar surface area (TPSA) is 123 Å². The van der Waals surface area contributed by atoms with Gasteiger partial charge in [0.1, 0.15) is 17.5 Å². The normalized spacial score (nSPS) is 15.7. The van der Waals surface area contributed by atoms with Gasteiger partial charge in [0.25, 0.3) is 5.89 Å². The summed E-state index contributed by atoms with van der Waals surface area (Å²) in [6.45, 7) is 5.50. The first-order valence-electron chi connectivity index (χ1n) is 11.0. The van der Waals surface area contributed by atoms with Crippen LogP contribution in [-0.2, 0) is 5.41 Å². The fourth-order valence-electron chi connectivity index (χ4n) is 3.64. The average molecular weight is 454 g/mol. The Bertz CT molecular complexity index is 1340. The Kier molecular flexibility index (Phi) is 5.74. The van der Waals surface area contributed by atoms with Crippen molar-refractivity contribution in [3.63, 3.8) is 0 Å². The molecule has 9 nitrogen and oxygen atoms in total. The highest BCUT2D eigenvalue weighted by molar-refractivity contribution is 5.62. The number of ether oxygens (including phenoxy) is 1. The van der Waals surface area contributed by atoms with Gasteiger partial charge in [-0.2, -0.15) is 5.26 Å². The smallest absolute Gasteiger partial charge is 0.268 e. The third-order valence-corrected chi connectivity index (χ3v) is 5.67. The third-order valence-electron chi connectivity index (χ3n) is 5.67. The molecule has 0 saturated carbocycles. The van der Waals surface area contributed by atoms with E-state index in [0.29, 0.717) is 23.0 Å². The van der Waals surface area contributed by atoms with E-state index in [1.54, 1.807) is 18.6 Å². The zero-order valence-electron chi connectivity index (χ0n) is 18.9. The number of nitriles is 1. The first-order valence-corrected chi connectivity index (χ1v) is 11.0. The van der Waals surface area contributed by atoms with Crippen LogP contribution in [0.5, 0.6) is 5.75 Å². The second-order valence-corrected chi connectivity index (χ2v) is 8.63. The van der Waals surface area contributed by atoms with Crippen LogP contribution in [0.2, 0.25) is 0 Å². The molecular weight excluding hydrogens is 430 g/mol. The molecule has 3 aromatic heterocycles. The van der Waals surface area contributed by atoms with Gasteiger partial charge < -0.3 is 14.5 Å². The predicted molar refractivity (Wildman–Crippen MR) is 125 cm³/mol. The van der Waals surface area contributed by atoms with Crippen LogP contribution in [0.4, 0.5) is 0 Å². The maximum absolute atomic E-state index is 9.42. The lowest BCUT2D eigenvalue weighted by Gasteiger charge is -2.15. The van der Waals surface area contributed by atoms with E-state index in [1.807, 2.05) is 50.2 Å². The summed E-state index contributed by atoms with van der Waals surface area (Å²) in [5.74, 6) is 1.47. The predicted octanol–water partition coefficient (Wildman–Crippen LogP) is 3.80. The second-order valence-electron chi connectivity index (χ2n) is 8.63. The third kappa shape index (κ3) is 4.49. The van der Waals surface area contributed by atoms with Crippen molar-refractivity contribution in [1.82, 2.24) is 30.5 Å². The molecule has 4 aromatic rings. The molecule has 9 heteroatoms. The molecule has 170 valence electrons. The summed E-state index contributed by atoms with van der Waals surface area (Å²) < 4.78 is 11.8. The van der Waals surface area contributed by atoms with Gasteiger partial charge in [-0.1, -0.05) is 0 Å². The Labute approximate surface area is 196 Å². The lowest BCUT2D eigenvalue weighted by atomic mass is 9.90. The molecule has 0 radical (unpaired) electrons. The summed E-state index contributed by atoms with van der Waals surface area (Å²) in [6, 6.07) is 13.5. The standard InChI is InChI=1S/C25H23N7O2/c1-25(2,15-26)22-11-17(7-10-29-22)20-13-28-14-21(30-20)24-32-31-23(34-24)16-3-5-18(6-4-16)33-19-8-9-27-12-19/h3-7,10-11,13-14,19,27H,8-9,12H2,1-2H3. The minimum atomic E-state index is -0.711. The van der Waals surface area contributed by atoms with Crippen molar-refractivity contribution in [2.75, 3.05) is 13.1 Å². The Morgan fingerprint density at radius 3 is 2.62 bits per heavy atom. The molecule has 1 aliphatic heterocycles. The summed E-state index contributed by atoms with van der Waals surface area (Å²) in [5, 5.41) is 21.0.